The van der Waals surface area contributed by atoms with Crippen molar-refractivity contribution in [3.63, 3.8) is 0 Å². The van der Waals surface area contributed by atoms with Crippen molar-refractivity contribution in [2.75, 3.05) is 13.2 Å². The Hall–Kier alpha value is -4.56. The molecule has 0 fully saturated rings. The zero-order chi connectivity index (χ0) is 31.6. The van der Waals surface area contributed by atoms with E-state index in [1.165, 1.54) is 6.92 Å². The van der Waals surface area contributed by atoms with Crippen LogP contribution < -0.4 is 9.47 Å². The first-order valence-corrected chi connectivity index (χ1v) is 14.9. The van der Waals surface area contributed by atoms with Crippen LogP contribution >= 0.6 is 11.6 Å². The van der Waals surface area contributed by atoms with E-state index in [-0.39, 0.29) is 18.7 Å². The molecule has 8 nitrogen and oxygen atoms in total. The van der Waals surface area contributed by atoms with Gasteiger partial charge < -0.3 is 24.3 Å². The molecule has 3 aromatic carbocycles. The maximum Gasteiger partial charge on any atom is 0.323 e. The highest BCUT2D eigenvalue weighted by atomic mass is 35.5. The van der Waals surface area contributed by atoms with Gasteiger partial charge in [-0.25, -0.2) is 0 Å². The Bertz CT molecular complexity index is 1670. The summed E-state index contributed by atoms with van der Waals surface area (Å²) in [6.45, 7) is 4.17. The van der Waals surface area contributed by atoms with E-state index in [0.717, 1.165) is 51.7 Å². The van der Waals surface area contributed by atoms with Crippen LogP contribution in [0.25, 0.3) is 23.1 Å². The highest BCUT2D eigenvalue weighted by molar-refractivity contribution is 6.31. The summed E-state index contributed by atoms with van der Waals surface area (Å²) in [5.74, 6) is -0.586. The first-order chi connectivity index (χ1) is 21.1. The average molecular weight is 618 g/mol. The van der Waals surface area contributed by atoms with Crippen molar-refractivity contribution in [2.24, 2.45) is 0 Å². The first-order valence-electron chi connectivity index (χ1n) is 14.5. The number of carbonyl (C=O) groups is 3. The number of nitrogens with zero attached hydrogens (tertiary/aromatic N) is 1. The normalized spacial score (nSPS) is 11.2. The largest absolute Gasteiger partial charge is 0.494 e. The second kappa shape index (κ2) is 15.3. The third-order valence-electron chi connectivity index (χ3n) is 7.19. The van der Waals surface area contributed by atoms with Crippen molar-refractivity contribution in [1.29, 1.82) is 0 Å². The van der Waals surface area contributed by atoms with Crippen LogP contribution in [0.15, 0.2) is 60.8 Å². The van der Waals surface area contributed by atoms with Gasteiger partial charge in [0.25, 0.3) is 0 Å². The Morgan fingerprint density at radius 2 is 1.64 bits per heavy atom. The van der Waals surface area contributed by atoms with Crippen LogP contribution in [0.3, 0.4) is 0 Å². The summed E-state index contributed by atoms with van der Waals surface area (Å²) >= 11 is 6.15. The van der Waals surface area contributed by atoms with E-state index in [1.807, 2.05) is 67.7 Å². The molecule has 4 rings (SSSR count). The van der Waals surface area contributed by atoms with E-state index in [0.29, 0.717) is 42.4 Å². The molecule has 1 heterocycles. The molecule has 4 aromatic rings. The van der Waals surface area contributed by atoms with Crippen LogP contribution in [0.5, 0.6) is 11.5 Å². The van der Waals surface area contributed by atoms with Gasteiger partial charge >= 0.3 is 11.9 Å². The molecule has 2 N–H and O–H groups in total. The van der Waals surface area contributed by atoms with Crippen molar-refractivity contribution in [1.82, 2.24) is 4.57 Å². The molecule has 0 aliphatic heterocycles. The van der Waals surface area contributed by atoms with E-state index in [9.17, 15) is 19.5 Å². The minimum Gasteiger partial charge on any atom is -0.494 e. The number of Topliss-reactive ketones (excluding diaryl/α,β-unsaturated/α-hetero) is 1. The number of ether oxygens (including phenoxy) is 2. The molecule has 0 saturated carbocycles. The number of fused-ring (bicyclic) bond motifs is 1. The molecule has 230 valence electrons. The van der Waals surface area contributed by atoms with Crippen LogP contribution in [0.4, 0.5) is 0 Å². The number of benzene rings is 3. The quantitative estimate of drug-likeness (QED) is 0.0751. The summed E-state index contributed by atoms with van der Waals surface area (Å²) in [5, 5.41) is 19.9. The molecule has 0 radical (unpaired) electrons. The number of rotatable bonds is 16. The van der Waals surface area contributed by atoms with Crippen molar-refractivity contribution in [3.8, 4) is 11.5 Å². The summed E-state index contributed by atoms with van der Waals surface area (Å²) in [7, 11) is 0. The lowest BCUT2D eigenvalue weighted by molar-refractivity contribution is -0.138. The Balaban J connectivity index is 1.33. The van der Waals surface area contributed by atoms with E-state index >= 15 is 0 Å². The number of aliphatic carboxylic acids is 2. The summed E-state index contributed by atoms with van der Waals surface area (Å²) in [5.41, 5.74) is 4.92. The fourth-order valence-corrected chi connectivity index (χ4v) is 5.15. The van der Waals surface area contributed by atoms with E-state index in [2.05, 4.69) is 0 Å². The molecule has 0 atom stereocenters. The summed E-state index contributed by atoms with van der Waals surface area (Å²) in [6, 6.07) is 17.0. The van der Waals surface area contributed by atoms with Gasteiger partial charge in [0.1, 0.15) is 18.0 Å². The van der Waals surface area contributed by atoms with Crippen LogP contribution in [0.1, 0.15) is 65.2 Å². The average Bonchev–Trinajstić information content (AvgIpc) is 3.32. The van der Waals surface area contributed by atoms with Gasteiger partial charge in [0, 0.05) is 23.0 Å². The minimum absolute atomic E-state index is 0.0619. The standard InChI is InChI=1S/C35H36ClNO7/c1-23-19-32(30(24(2)38)20-31(23)36)44-18-4-3-17-43-28-15-12-25(13-16-28)11-14-26-7-5-9-29-27(8-6-10-33(39)40)21-37(35(26)29)22-34(41)42/h5,7,9,11-16,19-21H,3-4,6,8,10,17-18,22H2,1-2H3,(H,39,40)(H,41,42)/b14-11+. The van der Waals surface area contributed by atoms with E-state index < -0.39 is 11.9 Å². The molecule has 0 aliphatic carbocycles. The zero-order valence-electron chi connectivity index (χ0n) is 24.8. The predicted molar refractivity (Wildman–Crippen MR) is 172 cm³/mol. The highest BCUT2D eigenvalue weighted by Gasteiger charge is 2.14. The third kappa shape index (κ3) is 8.74. The fraction of sp³-hybridized carbons (Fsp3) is 0.286. The number of unbranched alkanes of at least 4 members (excludes halogenated alkanes) is 1. The Labute approximate surface area is 261 Å². The van der Waals surface area contributed by atoms with Crippen molar-refractivity contribution in [2.45, 2.75) is 52.5 Å². The molecule has 0 unspecified atom stereocenters. The molecule has 0 bridgehead atoms. The van der Waals surface area contributed by atoms with Crippen LogP contribution in [0.2, 0.25) is 5.02 Å². The maximum atomic E-state index is 11.9. The monoisotopic (exact) mass is 617 g/mol. The summed E-state index contributed by atoms with van der Waals surface area (Å²) in [4.78, 5) is 34.4. The van der Waals surface area contributed by atoms with Crippen LogP contribution in [-0.4, -0.2) is 45.7 Å². The number of halogens is 1. The van der Waals surface area contributed by atoms with Crippen LogP contribution in [-0.2, 0) is 22.6 Å². The summed E-state index contributed by atoms with van der Waals surface area (Å²) < 4.78 is 13.5. The number of carboxylic acids is 2. The minimum atomic E-state index is -0.945. The number of para-hydroxylation sites is 1. The number of hydrogen-bond acceptors (Lipinski definition) is 5. The van der Waals surface area contributed by atoms with Crippen molar-refractivity contribution < 1.29 is 34.1 Å². The van der Waals surface area contributed by atoms with Gasteiger partial charge in [0.2, 0.25) is 0 Å². The molecule has 1 aromatic heterocycles. The van der Waals surface area contributed by atoms with Gasteiger partial charge in [0.15, 0.2) is 5.78 Å². The number of hydrogen-bond donors (Lipinski definition) is 2. The Kier molecular flexibility index (Phi) is 11.2. The molecule has 0 saturated heterocycles. The number of aromatic nitrogens is 1. The lowest BCUT2D eigenvalue weighted by Crippen LogP contribution is -2.07. The van der Waals surface area contributed by atoms with Crippen molar-refractivity contribution >= 4 is 52.4 Å². The van der Waals surface area contributed by atoms with Crippen LogP contribution in [0, 0.1) is 6.92 Å². The second-order valence-electron chi connectivity index (χ2n) is 10.6. The van der Waals surface area contributed by atoms with Gasteiger partial charge in [-0.3, -0.25) is 14.4 Å². The number of carbonyl (C=O) groups excluding carboxylic acids is 1. The zero-order valence-corrected chi connectivity index (χ0v) is 25.6. The lowest BCUT2D eigenvalue weighted by Gasteiger charge is -2.12. The molecular weight excluding hydrogens is 582 g/mol. The lowest BCUT2D eigenvalue weighted by atomic mass is 10.0. The predicted octanol–water partition coefficient (Wildman–Crippen LogP) is 7.71. The molecule has 0 aliphatic rings. The maximum absolute atomic E-state index is 11.9. The Morgan fingerprint density at radius 3 is 2.32 bits per heavy atom. The van der Waals surface area contributed by atoms with Gasteiger partial charge in [-0.2, -0.15) is 0 Å². The molecular formula is C35H36ClNO7. The van der Waals surface area contributed by atoms with E-state index in [1.54, 1.807) is 16.7 Å². The number of aryl methyl sites for hydroxylation is 2. The molecule has 0 amide bonds. The topological polar surface area (TPSA) is 115 Å². The number of carboxylic acid groups (broad SMARTS) is 2. The third-order valence-corrected chi connectivity index (χ3v) is 7.60. The first kappa shape index (κ1) is 32.4. The Morgan fingerprint density at radius 1 is 0.909 bits per heavy atom. The number of ketones is 1. The van der Waals surface area contributed by atoms with Gasteiger partial charge in [0.05, 0.1) is 24.3 Å². The molecule has 0 spiro atoms. The van der Waals surface area contributed by atoms with E-state index in [4.69, 9.17) is 26.2 Å². The van der Waals surface area contributed by atoms with Gasteiger partial charge in [-0.05, 0) is 86.1 Å². The van der Waals surface area contributed by atoms with Gasteiger partial charge in [-0.1, -0.05) is 54.1 Å². The summed E-state index contributed by atoms with van der Waals surface area (Å²) in [6.07, 6.45) is 8.38. The SMILES string of the molecule is CC(=O)c1cc(Cl)c(C)cc1OCCCCOc1ccc(/C=C/c2cccc3c(CCCC(=O)O)cn(CC(=O)O)c23)cc1. The highest BCUT2D eigenvalue weighted by Crippen LogP contribution is 2.29. The van der Waals surface area contributed by atoms with Gasteiger partial charge in [-0.15, -0.1) is 0 Å². The molecule has 44 heavy (non-hydrogen) atoms. The second-order valence-corrected chi connectivity index (χ2v) is 11.0. The smallest absolute Gasteiger partial charge is 0.323 e. The molecule has 9 heteroatoms. The fourth-order valence-electron chi connectivity index (χ4n) is 4.98. The van der Waals surface area contributed by atoms with Crippen molar-refractivity contribution in [3.05, 3.63) is 93.6 Å².